The van der Waals surface area contributed by atoms with E-state index in [0.717, 1.165) is 26.1 Å². The van der Waals surface area contributed by atoms with E-state index >= 15 is 0 Å². The first-order chi connectivity index (χ1) is 10.3. The van der Waals surface area contributed by atoms with Gasteiger partial charge in [0.1, 0.15) is 0 Å². The molecule has 0 unspecified atom stereocenters. The zero-order valence-electron chi connectivity index (χ0n) is 12.2. The van der Waals surface area contributed by atoms with Crippen molar-refractivity contribution >= 4 is 5.82 Å². The lowest BCUT2D eigenvalue weighted by atomic mass is 10.1. The molecular weight excluding hydrogens is 264 g/mol. The third-order valence-corrected chi connectivity index (χ3v) is 3.74. The van der Waals surface area contributed by atoms with E-state index in [1.54, 1.807) is 17.0 Å². The van der Waals surface area contributed by atoms with Gasteiger partial charge in [0, 0.05) is 38.6 Å². The minimum absolute atomic E-state index is 0.0535. The van der Waals surface area contributed by atoms with E-state index in [4.69, 9.17) is 0 Å². The summed E-state index contributed by atoms with van der Waals surface area (Å²) >= 11 is 0. The second-order valence-corrected chi connectivity index (χ2v) is 5.33. The highest BCUT2D eigenvalue weighted by Gasteiger charge is 2.10. The van der Waals surface area contributed by atoms with E-state index in [0.29, 0.717) is 12.4 Å². The number of rotatable bonds is 5. The van der Waals surface area contributed by atoms with Crippen molar-refractivity contribution in [2.45, 2.75) is 39.5 Å². The number of fused-ring (bicyclic) bond motifs is 1. The quantitative estimate of drug-likeness (QED) is 0.880. The first kappa shape index (κ1) is 13.8. The van der Waals surface area contributed by atoms with E-state index in [1.165, 1.54) is 16.7 Å². The fourth-order valence-electron chi connectivity index (χ4n) is 2.63. The zero-order valence-corrected chi connectivity index (χ0v) is 12.2. The number of benzene rings is 1. The Morgan fingerprint density at radius 2 is 2.19 bits per heavy atom. The van der Waals surface area contributed by atoms with Gasteiger partial charge in [-0.15, -0.1) is 0 Å². The Morgan fingerprint density at radius 1 is 1.33 bits per heavy atom. The molecule has 5 heteroatoms. The van der Waals surface area contributed by atoms with Crippen molar-refractivity contribution in [3.8, 4) is 0 Å². The highest BCUT2D eigenvalue weighted by Crippen LogP contribution is 2.17. The maximum atomic E-state index is 12.2. The summed E-state index contributed by atoms with van der Waals surface area (Å²) in [5, 5.41) is 6.49. The molecule has 5 nitrogen and oxygen atoms in total. The largest absolute Gasteiger partial charge is 0.361 e. The van der Waals surface area contributed by atoms with Crippen LogP contribution in [0.25, 0.3) is 0 Å². The minimum Gasteiger partial charge on any atom is -0.361 e. The Morgan fingerprint density at radius 3 is 3.05 bits per heavy atom. The van der Waals surface area contributed by atoms with Gasteiger partial charge in [0.05, 0.1) is 0 Å². The first-order valence-electron chi connectivity index (χ1n) is 7.38. The maximum absolute atomic E-state index is 12.2. The minimum atomic E-state index is -0.0535. The SMILES string of the molecule is CCCn1ccnc(NCc2ccc3c(c2)CNC3)c1=O. The van der Waals surface area contributed by atoms with Crippen LogP contribution in [0, 0.1) is 0 Å². The van der Waals surface area contributed by atoms with Crippen LogP contribution < -0.4 is 16.2 Å². The molecule has 1 aliphatic rings. The molecule has 0 fully saturated rings. The molecular formula is C16H20N4O. The molecule has 110 valence electrons. The molecule has 0 saturated carbocycles. The van der Waals surface area contributed by atoms with Crippen molar-refractivity contribution in [2.75, 3.05) is 5.32 Å². The van der Waals surface area contributed by atoms with Crippen LogP contribution in [0.1, 0.15) is 30.0 Å². The van der Waals surface area contributed by atoms with Gasteiger partial charge in [0.25, 0.3) is 5.56 Å². The van der Waals surface area contributed by atoms with E-state index in [1.807, 2.05) is 0 Å². The van der Waals surface area contributed by atoms with Gasteiger partial charge in [-0.25, -0.2) is 4.98 Å². The predicted octanol–water partition coefficient (Wildman–Crippen LogP) is 1.87. The summed E-state index contributed by atoms with van der Waals surface area (Å²) in [6, 6.07) is 6.45. The van der Waals surface area contributed by atoms with E-state index in [2.05, 4.69) is 40.7 Å². The zero-order chi connectivity index (χ0) is 14.7. The first-order valence-corrected chi connectivity index (χ1v) is 7.38. The summed E-state index contributed by atoms with van der Waals surface area (Å²) in [5.41, 5.74) is 3.83. The van der Waals surface area contributed by atoms with Gasteiger partial charge in [-0.2, -0.15) is 0 Å². The van der Waals surface area contributed by atoms with Gasteiger partial charge in [0.2, 0.25) is 0 Å². The Labute approximate surface area is 124 Å². The van der Waals surface area contributed by atoms with Gasteiger partial charge in [-0.05, 0) is 23.1 Å². The van der Waals surface area contributed by atoms with Gasteiger partial charge < -0.3 is 15.2 Å². The van der Waals surface area contributed by atoms with Crippen LogP contribution in [-0.4, -0.2) is 9.55 Å². The Balaban J connectivity index is 1.73. The number of hydrogen-bond donors (Lipinski definition) is 2. The highest BCUT2D eigenvalue weighted by atomic mass is 16.1. The monoisotopic (exact) mass is 284 g/mol. The summed E-state index contributed by atoms with van der Waals surface area (Å²) in [7, 11) is 0. The molecule has 21 heavy (non-hydrogen) atoms. The van der Waals surface area contributed by atoms with E-state index in [9.17, 15) is 4.79 Å². The average Bonchev–Trinajstić information content (AvgIpc) is 2.96. The molecule has 0 aliphatic carbocycles. The fraction of sp³-hybridized carbons (Fsp3) is 0.375. The van der Waals surface area contributed by atoms with Crippen LogP contribution in [0.15, 0.2) is 35.4 Å². The van der Waals surface area contributed by atoms with Crippen LogP contribution in [0.4, 0.5) is 5.82 Å². The lowest BCUT2D eigenvalue weighted by molar-refractivity contribution is 0.649. The van der Waals surface area contributed by atoms with E-state index < -0.39 is 0 Å². The topological polar surface area (TPSA) is 59.0 Å². The summed E-state index contributed by atoms with van der Waals surface area (Å²) in [6.07, 6.45) is 4.34. The lowest BCUT2D eigenvalue weighted by Crippen LogP contribution is -2.24. The predicted molar refractivity (Wildman–Crippen MR) is 83.1 cm³/mol. The van der Waals surface area contributed by atoms with Crippen molar-refractivity contribution in [3.63, 3.8) is 0 Å². The average molecular weight is 284 g/mol. The smallest absolute Gasteiger partial charge is 0.293 e. The Kier molecular flexibility index (Phi) is 4.01. The van der Waals surface area contributed by atoms with Crippen molar-refractivity contribution in [2.24, 2.45) is 0 Å². The summed E-state index contributed by atoms with van der Waals surface area (Å²) in [5.74, 6) is 0.421. The number of nitrogens with one attached hydrogen (secondary N) is 2. The molecule has 2 N–H and O–H groups in total. The second kappa shape index (κ2) is 6.10. The second-order valence-electron chi connectivity index (χ2n) is 5.33. The molecule has 0 atom stereocenters. The number of hydrogen-bond acceptors (Lipinski definition) is 4. The molecule has 1 aromatic heterocycles. The number of aromatic nitrogens is 2. The normalized spacial score (nSPS) is 13.2. The van der Waals surface area contributed by atoms with Crippen LogP contribution in [-0.2, 0) is 26.2 Å². The van der Waals surface area contributed by atoms with Crippen molar-refractivity contribution in [1.29, 1.82) is 0 Å². The number of nitrogens with zero attached hydrogens (tertiary/aromatic N) is 2. The van der Waals surface area contributed by atoms with Crippen LogP contribution >= 0.6 is 0 Å². The van der Waals surface area contributed by atoms with Gasteiger partial charge in [-0.3, -0.25) is 4.79 Å². The molecule has 2 aromatic rings. The summed E-state index contributed by atoms with van der Waals surface area (Å²) < 4.78 is 1.70. The van der Waals surface area contributed by atoms with Crippen molar-refractivity contribution in [1.82, 2.24) is 14.9 Å². The van der Waals surface area contributed by atoms with Gasteiger partial charge in [-0.1, -0.05) is 25.1 Å². The van der Waals surface area contributed by atoms with Crippen LogP contribution in [0.3, 0.4) is 0 Å². The highest BCUT2D eigenvalue weighted by molar-refractivity contribution is 5.37. The third kappa shape index (κ3) is 2.97. The molecule has 1 aromatic carbocycles. The van der Waals surface area contributed by atoms with Crippen LogP contribution in [0.5, 0.6) is 0 Å². The molecule has 1 aliphatic heterocycles. The molecule has 0 saturated heterocycles. The van der Waals surface area contributed by atoms with Crippen molar-refractivity contribution < 1.29 is 0 Å². The number of anilines is 1. The summed E-state index contributed by atoms with van der Waals surface area (Å²) in [6.45, 7) is 5.27. The molecule has 3 rings (SSSR count). The Hall–Kier alpha value is -2.14. The molecule has 0 spiro atoms. The van der Waals surface area contributed by atoms with Crippen LogP contribution in [0.2, 0.25) is 0 Å². The molecule has 0 amide bonds. The van der Waals surface area contributed by atoms with Gasteiger partial charge >= 0.3 is 0 Å². The third-order valence-electron chi connectivity index (χ3n) is 3.74. The van der Waals surface area contributed by atoms with E-state index in [-0.39, 0.29) is 5.56 Å². The Bertz CT molecular complexity index is 693. The lowest BCUT2D eigenvalue weighted by Gasteiger charge is -2.09. The number of aryl methyl sites for hydroxylation is 1. The summed E-state index contributed by atoms with van der Waals surface area (Å²) in [4.78, 5) is 16.3. The maximum Gasteiger partial charge on any atom is 0.293 e. The standard InChI is InChI=1S/C16H20N4O/c1-2-6-20-7-5-18-15(16(20)21)19-9-12-3-4-13-10-17-11-14(13)8-12/h3-5,7-8,17H,2,6,9-11H2,1H3,(H,18,19). The van der Waals surface area contributed by atoms with Crippen molar-refractivity contribution in [3.05, 3.63) is 57.6 Å². The fourth-order valence-corrected chi connectivity index (χ4v) is 2.63. The molecule has 0 bridgehead atoms. The molecule has 2 heterocycles. The molecule has 0 radical (unpaired) electrons. The van der Waals surface area contributed by atoms with Gasteiger partial charge in [0.15, 0.2) is 5.82 Å².